The molecule has 188 valence electrons. The third-order valence-corrected chi connectivity index (χ3v) is 5.73. The quantitative estimate of drug-likeness (QED) is 0.276. The maximum Gasteiger partial charge on any atom is 0.330 e. The van der Waals surface area contributed by atoms with E-state index < -0.39 is 23.1 Å². The Kier molecular flexibility index (Phi) is 7.48. The summed E-state index contributed by atoms with van der Waals surface area (Å²) >= 11 is 0. The van der Waals surface area contributed by atoms with E-state index >= 15 is 0 Å². The first kappa shape index (κ1) is 25.0. The maximum atomic E-state index is 13.1. The Labute approximate surface area is 212 Å². The van der Waals surface area contributed by atoms with Gasteiger partial charge in [-0.1, -0.05) is 72.8 Å². The van der Waals surface area contributed by atoms with Gasteiger partial charge < -0.3 is 21.7 Å². The molecule has 10 heteroatoms. The van der Waals surface area contributed by atoms with Gasteiger partial charge in [0, 0.05) is 6.54 Å². The Morgan fingerprint density at radius 1 is 0.865 bits per heavy atom. The molecule has 0 saturated carbocycles. The average molecular weight is 499 g/mol. The number of carbonyl (C=O) groups excluding carboxylic acids is 2. The number of hydrogen-bond donors (Lipinski definition) is 4. The number of primary amides is 1. The summed E-state index contributed by atoms with van der Waals surface area (Å²) in [5.41, 5.74) is 12.4. The Bertz CT molecular complexity index is 1530. The zero-order valence-electron chi connectivity index (χ0n) is 19.9. The molecule has 37 heavy (non-hydrogen) atoms. The van der Waals surface area contributed by atoms with Gasteiger partial charge in [0.05, 0.1) is 24.3 Å². The molecule has 0 saturated heterocycles. The van der Waals surface area contributed by atoms with Crippen molar-refractivity contribution >= 4 is 29.0 Å². The smallest absolute Gasteiger partial charge is 0.330 e. The van der Waals surface area contributed by atoms with Crippen molar-refractivity contribution in [1.82, 2.24) is 9.55 Å². The lowest BCUT2D eigenvalue weighted by Crippen LogP contribution is -2.41. The summed E-state index contributed by atoms with van der Waals surface area (Å²) in [6.45, 7) is -0.00595. The van der Waals surface area contributed by atoms with Gasteiger partial charge in [-0.3, -0.25) is 23.9 Å². The van der Waals surface area contributed by atoms with Crippen molar-refractivity contribution in [2.45, 2.75) is 13.1 Å². The number of amides is 2. The number of anilines is 3. The molecule has 0 unspecified atom stereocenters. The van der Waals surface area contributed by atoms with Gasteiger partial charge in [0.2, 0.25) is 5.91 Å². The van der Waals surface area contributed by atoms with Gasteiger partial charge in [0.25, 0.3) is 11.5 Å². The van der Waals surface area contributed by atoms with Crippen molar-refractivity contribution in [3.05, 3.63) is 122 Å². The molecule has 0 spiro atoms. The summed E-state index contributed by atoms with van der Waals surface area (Å²) in [4.78, 5) is 54.3. The first-order valence-electron chi connectivity index (χ1n) is 11.5. The number of rotatable bonds is 9. The molecule has 0 aliphatic heterocycles. The molecular formula is C27H26N6O4. The SMILES string of the molecule is NC(=O)c1ccccc1NC(=O)CN(Cc1ccccc1)c1c(N)n(Cc2ccccc2)c(=O)[nH]c1=O. The van der Waals surface area contributed by atoms with Gasteiger partial charge in [-0.05, 0) is 23.3 Å². The van der Waals surface area contributed by atoms with Gasteiger partial charge in [0.1, 0.15) is 11.5 Å². The fraction of sp³-hybridized carbons (Fsp3) is 0.111. The van der Waals surface area contributed by atoms with Crippen molar-refractivity contribution in [2.24, 2.45) is 5.73 Å². The molecule has 0 atom stereocenters. The number of benzene rings is 3. The van der Waals surface area contributed by atoms with Gasteiger partial charge >= 0.3 is 5.69 Å². The number of para-hydroxylation sites is 1. The Hall–Kier alpha value is -5.12. The van der Waals surface area contributed by atoms with E-state index in [0.29, 0.717) is 0 Å². The Morgan fingerprint density at radius 2 is 1.46 bits per heavy atom. The van der Waals surface area contributed by atoms with E-state index in [1.807, 2.05) is 60.7 Å². The van der Waals surface area contributed by atoms with Crippen molar-refractivity contribution < 1.29 is 9.59 Å². The third kappa shape index (κ3) is 5.93. The lowest BCUT2D eigenvalue weighted by atomic mass is 10.1. The van der Waals surface area contributed by atoms with Crippen LogP contribution in [0.5, 0.6) is 0 Å². The van der Waals surface area contributed by atoms with Gasteiger partial charge in [-0.15, -0.1) is 0 Å². The molecule has 0 aliphatic carbocycles. The summed E-state index contributed by atoms with van der Waals surface area (Å²) in [6.07, 6.45) is 0. The minimum Gasteiger partial charge on any atom is -0.383 e. The highest BCUT2D eigenvalue weighted by atomic mass is 16.2. The van der Waals surface area contributed by atoms with Crippen molar-refractivity contribution in [1.29, 1.82) is 0 Å². The van der Waals surface area contributed by atoms with Crippen molar-refractivity contribution in [2.75, 3.05) is 22.5 Å². The number of nitrogens with zero attached hydrogens (tertiary/aromatic N) is 2. The van der Waals surface area contributed by atoms with Crippen LogP contribution in [-0.4, -0.2) is 27.9 Å². The topological polar surface area (TPSA) is 156 Å². The van der Waals surface area contributed by atoms with E-state index in [4.69, 9.17) is 11.5 Å². The highest BCUT2D eigenvalue weighted by Crippen LogP contribution is 2.21. The van der Waals surface area contributed by atoms with Crippen LogP contribution in [0.3, 0.4) is 0 Å². The van der Waals surface area contributed by atoms with Crippen LogP contribution in [0.25, 0.3) is 0 Å². The van der Waals surface area contributed by atoms with Crippen LogP contribution in [0.1, 0.15) is 21.5 Å². The van der Waals surface area contributed by atoms with Crippen LogP contribution in [0.2, 0.25) is 0 Å². The highest BCUT2D eigenvalue weighted by Gasteiger charge is 2.22. The van der Waals surface area contributed by atoms with Gasteiger partial charge in [0.15, 0.2) is 0 Å². The lowest BCUT2D eigenvalue weighted by Gasteiger charge is -2.26. The molecule has 0 radical (unpaired) electrons. The lowest BCUT2D eigenvalue weighted by molar-refractivity contribution is -0.115. The molecule has 3 aromatic carbocycles. The molecule has 4 aromatic rings. The van der Waals surface area contributed by atoms with Crippen LogP contribution >= 0.6 is 0 Å². The summed E-state index contributed by atoms with van der Waals surface area (Å²) in [7, 11) is 0. The fourth-order valence-corrected chi connectivity index (χ4v) is 3.99. The molecule has 0 aliphatic rings. The number of H-pyrrole nitrogens is 1. The molecule has 0 fully saturated rings. The number of aromatic amines is 1. The van der Waals surface area contributed by atoms with Crippen molar-refractivity contribution in [3.8, 4) is 0 Å². The minimum atomic E-state index is -0.715. The maximum absolute atomic E-state index is 13.1. The summed E-state index contributed by atoms with van der Waals surface area (Å²) in [5.74, 6) is -1.27. The molecular weight excluding hydrogens is 472 g/mol. The van der Waals surface area contributed by atoms with Gasteiger partial charge in [-0.2, -0.15) is 0 Å². The average Bonchev–Trinajstić information content (AvgIpc) is 2.88. The van der Waals surface area contributed by atoms with Gasteiger partial charge in [-0.25, -0.2) is 4.79 Å². The number of hydrogen-bond acceptors (Lipinski definition) is 6. The van der Waals surface area contributed by atoms with E-state index in [1.54, 1.807) is 18.2 Å². The van der Waals surface area contributed by atoms with Crippen LogP contribution in [0.4, 0.5) is 17.2 Å². The van der Waals surface area contributed by atoms with Crippen LogP contribution in [-0.2, 0) is 17.9 Å². The highest BCUT2D eigenvalue weighted by molar-refractivity contribution is 6.04. The second kappa shape index (κ2) is 11.1. The molecule has 4 rings (SSSR count). The van der Waals surface area contributed by atoms with Crippen molar-refractivity contribution in [3.63, 3.8) is 0 Å². The van der Waals surface area contributed by atoms with E-state index in [9.17, 15) is 19.2 Å². The molecule has 6 N–H and O–H groups in total. The number of nitrogens with one attached hydrogen (secondary N) is 2. The standard InChI is InChI=1S/C27H26N6O4/c28-24-23(26(36)31-27(37)33(24)16-19-11-5-2-6-12-19)32(15-18-9-3-1-4-10-18)17-22(34)30-21-14-8-7-13-20(21)25(29)35/h1-14H,15-17,28H2,(H2,29,35)(H,30,34)(H,31,36,37). The Morgan fingerprint density at radius 3 is 2.11 bits per heavy atom. The van der Waals surface area contributed by atoms with E-state index in [1.165, 1.54) is 15.5 Å². The zero-order valence-corrected chi connectivity index (χ0v) is 19.9. The Balaban J connectivity index is 1.71. The van der Waals surface area contributed by atoms with E-state index in [0.717, 1.165) is 11.1 Å². The van der Waals surface area contributed by atoms with Crippen LogP contribution < -0.4 is 32.9 Å². The summed E-state index contributed by atoms with van der Waals surface area (Å²) in [6, 6.07) is 24.7. The van der Waals surface area contributed by atoms with Crippen LogP contribution in [0, 0.1) is 0 Å². The number of carbonyl (C=O) groups is 2. The fourth-order valence-electron chi connectivity index (χ4n) is 3.99. The normalized spacial score (nSPS) is 10.6. The first-order valence-corrected chi connectivity index (χ1v) is 11.5. The van der Waals surface area contributed by atoms with Crippen LogP contribution in [0.15, 0.2) is 94.5 Å². The zero-order chi connectivity index (χ0) is 26.4. The van der Waals surface area contributed by atoms with E-state index in [2.05, 4.69) is 10.3 Å². The summed E-state index contributed by atoms with van der Waals surface area (Å²) in [5, 5.41) is 2.68. The molecule has 1 aromatic heterocycles. The minimum absolute atomic E-state index is 0.0160. The molecule has 10 nitrogen and oxygen atoms in total. The molecule has 2 amide bonds. The largest absolute Gasteiger partial charge is 0.383 e. The monoisotopic (exact) mass is 498 g/mol. The van der Waals surface area contributed by atoms with E-state index in [-0.39, 0.29) is 42.4 Å². The predicted molar refractivity (Wildman–Crippen MR) is 142 cm³/mol. The predicted octanol–water partition coefficient (Wildman–Crippen LogP) is 1.91. The molecule has 1 heterocycles. The molecule has 0 bridgehead atoms. The number of aromatic nitrogens is 2. The number of nitrogen functional groups attached to an aromatic ring is 1. The number of nitrogens with two attached hydrogens (primary N) is 2. The third-order valence-electron chi connectivity index (χ3n) is 5.73. The summed E-state index contributed by atoms with van der Waals surface area (Å²) < 4.78 is 1.25. The second-order valence-electron chi connectivity index (χ2n) is 8.36. The first-order chi connectivity index (χ1) is 17.8. The second-order valence-corrected chi connectivity index (χ2v) is 8.36.